The van der Waals surface area contributed by atoms with Crippen LogP contribution in [-0.4, -0.2) is 32.8 Å². The van der Waals surface area contributed by atoms with Crippen molar-refractivity contribution in [3.8, 4) is 22.8 Å². The van der Waals surface area contributed by atoms with E-state index in [2.05, 4.69) is 51.7 Å². The Balaban J connectivity index is 1.34. The van der Waals surface area contributed by atoms with Gasteiger partial charge in [0.2, 0.25) is 0 Å². The minimum absolute atomic E-state index is 0.181. The average molecular weight is 528 g/mol. The first-order valence-electron chi connectivity index (χ1n) is 11.7. The lowest BCUT2D eigenvalue weighted by Gasteiger charge is -2.11. The zero-order valence-electron chi connectivity index (χ0n) is 20.4. The van der Waals surface area contributed by atoms with Crippen molar-refractivity contribution >= 4 is 29.0 Å². The van der Waals surface area contributed by atoms with Gasteiger partial charge in [-0.2, -0.15) is 0 Å². The first-order valence-corrected chi connectivity index (χ1v) is 13.5. The Morgan fingerprint density at radius 3 is 2.62 bits per heavy atom. The maximum Gasteiger partial charge on any atom is 0.271 e. The molecule has 3 aromatic carbocycles. The number of thiazole rings is 1. The fraction of sp³-hybridized carbons (Fsp3) is 0.143. The largest absolute Gasteiger partial charge is 0.497 e. The minimum Gasteiger partial charge on any atom is -0.497 e. The summed E-state index contributed by atoms with van der Waals surface area (Å²) in [5, 5.41) is 15.3. The smallest absolute Gasteiger partial charge is 0.271 e. The third kappa shape index (κ3) is 5.90. The number of aryl methyl sites for hydroxylation is 1. The first kappa shape index (κ1) is 24.7. The van der Waals surface area contributed by atoms with Gasteiger partial charge >= 0.3 is 0 Å². The van der Waals surface area contributed by atoms with Gasteiger partial charge in [0.15, 0.2) is 11.0 Å². The molecule has 37 heavy (non-hydrogen) atoms. The van der Waals surface area contributed by atoms with E-state index in [-0.39, 0.29) is 5.91 Å². The Kier molecular flexibility index (Phi) is 7.62. The number of aromatic nitrogens is 4. The van der Waals surface area contributed by atoms with Crippen LogP contribution >= 0.6 is 23.1 Å². The molecular formula is C28H25N5O2S2. The summed E-state index contributed by atoms with van der Waals surface area (Å²) < 4.78 is 7.45. The molecule has 0 atom stereocenters. The maximum atomic E-state index is 12.6. The van der Waals surface area contributed by atoms with Crippen LogP contribution in [-0.2, 0) is 12.3 Å². The molecule has 2 aromatic heterocycles. The molecule has 0 saturated carbocycles. The van der Waals surface area contributed by atoms with E-state index in [1.165, 1.54) is 28.7 Å². The molecule has 0 radical (unpaired) electrons. The van der Waals surface area contributed by atoms with E-state index in [4.69, 9.17) is 4.74 Å². The molecule has 0 fully saturated rings. The van der Waals surface area contributed by atoms with Crippen LogP contribution in [0.25, 0.3) is 17.1 Å². The predicted molar refractivity (Wildman–Crippen MR) is 147 cm³/mol. The van der Waals surface area contributed by atoms with Crippen LogP contribution < -0.4 is 10.1 Å². The lowest BCUT2D eigenvalue weighted by atomic mass is 10.2. The monoisotopic (exact) mass is 527 g/mol. The summed E-state index contributed by atoms with van der Waals surface area (Å²) in [7, 11) is 1.65. The van der Waals surface area contributed by atoms with Crippen LogP contribution in [0, 0.1) is 6.92 Å². The molecule has 7 nitrogen and oxygen atoms in total. The van der Waals surface area contributed by atoms with Gasteiger partial charge in [-0.05, 0) is 36.8 Å². The number of hydrogen-bond acceptors (Lipinski definition) is 7. The quantitative estimate of drug-likeness (QED) is 0.239. The third-order valence-electron chi connectivity index (χ3n) is 5.66. The average Bonchev–Trinajstić information content (AvgIpc) is 3.59. The number of carbonyl (C=O) groups is 1. The van der Waals surface area contributed by atoms with Gasteiger partial charge in [0, 0.05) is 23.2 Å². The molecule has 0 aliphatic rings. The van der Waals surface area contributed by atoms with Crippen LogP contribution in [0.4, 0.5) is 0 Å². The maximum absolute atomic E-state index is 12.6. The van der Waals surface area contributed by atoms with Gasteiger partial charge in [-0.1, -0.05) is 71.9 Å². The molecule has 5 aromatic rings. The Morgan fingerprint density at radius 1 is 1.03 bits per heavy atom. The van der Waals surface area contributed by atoms with E-state index in [0.717, 1.165) is 38.6 Å². The van der Waals surface area contributed by atoms with Gasteiger partial charge < -0.3 is 10.1 Å². The van der Waals surface area contributed by atoms with Crippen LogP contribution in [0.15, 0.2) is 89.4 Å². The number of hydrogen-bond donors (Lipinski definition) is 1. The van der Waals surface area contributed by atoms with E-state index in [9.17, 15) is 4.79 Å². The molecule has 1 amide bonds. The second-order valence-corrected chi connectivity index (χ2v) is 10.2. The van der Waals surface area contributed by atoms with Crippen molar-refractivity contribution in [1.29, 1.82) is 0 Å². The van der Waals surface area contributed by atoms with Crippen LogP contribution in [0.2, 0.25) is 0 Å². The number of carbonyl (C=O) groups excluding carboxylic acids is 1. The first-order chi connectivity index (χ1) is 18.1. The second-order valence-electron chi connectivity index (χ2n) is 8.29. The molecule has 5 rings (SSSR count). The summed E-state index contributed by atoms with van der Waals surface area (Å²) in [6.45, 7) is 2.53. The fourth-order valence-electron chi connectivity index (χ4n) is 3.72. The molecule has 9 heteroatoms. The number of rotatable bonds is 9. The zero-order chi connectivity index (χ0) is 25.6. The number of methoxy groups -OCH3 is 1. The van der Waals surface area contributed by atoms with Crippen molar-refractivity contribution in [1.82, 2.24) is 25.1 Å². The lowest BCUT2D eigenvalue weighted by molar-refractivity contribution is 0.0946. The van der Waals surface area contributed by atoms with Gasteiger partial charge in [0.05, 0.1) is 12.9 Å². The van der Waals surface area contributed by atoms with Crippen molar-refractivity contribution in [3.05, 3.63) is 106 Å². The van der Waals surface area contributed by atoms with Crippen LogP contribution in [0.1, 0.15) is 26.6 Å². The van der Waals surface area contributed by atoms with Crippen molar-refractivity contribution < 1.29 is 9.53 Å². The summed E-state index contributed by atoms with van der Waals surface area (Å²) in [6, 6.07) is 25.9. The fourth-order valence-corrected chi connectivity index (χ4v) is 5.46. The normalized spacial score (nSPS) is 10.9. The number of benzene rings is 3. The summed E-state index contributed by atoms with van der Waals surface area (Å²) >= 11 is 3.00. The molecule has 0 aliphatic heterocycles. The summed E-state index contributed by atoms with van der Waals surface area (Å²) in [5.41, 5.74) is 4.52. The number of nitrogens with zero attached hydrogens (tertiary/aromatic N) is 4. The van der Waals surface area contributed by atoms with Crippen LogP contribution in [0.3, 0.4) is 0 Å². The van der Waals surface area contributed by atoms with Crippen molar-refractivity contribution in [2.75, 3.05) is 7.11 Å². The van der Waals surface area contributed by atoms with E-state index < -0.39 is 0 Å². The van der Waals surface area contributed by atoms with Crippen molar-refractivity contribution in [3.63, 3.8) is 0 Å². The third-order valence-corrected chi connectivity index (χ3v) is 7.63. The summed E-state index contributed by atoms with van der Waals surface area (Å²) in [5.74, 6) is 1.87. The number of ether oxygens (including phenoxy) is 1. The van der Waals surface area contributed by atoms with Gasteiger partial charge in [-0.3, -0.25) is 9.36 Å². The topological polar surface area (TPSA) is 81.9 Å². The van der Waals surface area contributed by atoms with E-state index in [1.54, 1.807) is 12.5 Å². The highest BCUT2D eigenvalue weighted by atomic mass is 32.2. The number of amides is 1. The molecule has 0 saturated heterocycles. The number of thioether (sulfide) groups is 1. The Labute approximate surface area is 223 Å². The molecule has 0 unspecified atom stereocenters. The van der Waals surface area contributed by atoms with Gasteiger partial charge in [0.25, 0.3) is 5.91 Å². The highest BCUT2D eigenvalue weighted by Gasteiger charge is 2.18. The number of nitrogens with one attached hydrogen (secondary N) is 1. The summed E-state index contributed by atoms with van der Waals surface area (Å²) in [6.07, 6.45) is 0. The minimum atomic E-state index is -0.181. The van der Waals surface area contributed by atoms with E-state index in [0.29, 0.717) is 18.0 Å². The highest BCUT2D eigenvalue weighted by molar-refractivity contribution is 7.98. The molecular weight excluding hydrogens is 502 g/mol. The van der Waals surface area contributed by atoms with E-state index in [1.807, 2.05) is 59.2 Å². The SMILES string of the molecule is COc1cccc(-c2nnc(SCc3nc(C(=O)NCc4ccccc4)cs3)n2-c2ccc(C)cc2)c1. The molecule has 0 bridgehead atoms. The van der Waals surface area contributed by atoms with Gasteiger partial charge in [-0.15, -0.1) is 21.5 Å². The lowest BCUT2D eigenvalue weighted by Crippen LogP contribution is -2.23. The second kappa shape index (κ2) is 11.4. The van der Waals surface area contributed by atoms with Gasteiger partial charge in [0.1, 0.15) is 16.5 Å². The molecule has 2 heterocycles. The predicted octanol–water partition coefficient (Wildman–Crippen LogP) is 5.93. The standard InChI is InChI=1S/C28H25N5O2S2/c1-19-11-13-22(14-12-19)33-26(21-9-6-10-23(15-21)35-2)31-32-28(33)37-18-25-30-24(17-36-25)27(34)29-16-20-7-4-3-5-8-20/h3-15,17H,16,18H2,1-2H3,(H,29,34). The van der Waals surface area contributed by atoms with Gasteiger partial charge in [-0.25, -0.2) is 4.98 Å². The highest BCUT2D eigenvalue weighted by Crippen LogP contribution is 2.31. The Morgan fingerprint density at radius 2 is 1.84 bits per heavy atom. The Bertz CT molecular complexity index is 1500. The van der Waals surface area contributed by atoms with E-state index >= 15 is 0 Å². The van der Waals surface area contributed by atoms with Crippen LogP contribution in [0.5, 0.6) is 5.75 Å². The molecule has 0 spiro atoms. The zero-order valence-corrected chi connectivity index (χ0v) is 22.1. The van der Waals surface area contributed by atoms with Crippen molar-refractivity contribution in [2.24, 2.45) is 0 Å². The summed E-state index contributed by atoms with van der Waals surface area (Å²) in [4.78, 5) is 17.1. The molecule has 186 valence electrons. The molecule has 0 aliphatic carbocycles. The van der Waals surface area contributed by atoms with Crippen molar-refractivity contribution in [2.45, 2.75) is 24.4 Å². The molecule has 1 N–H and O–H groups in total. The Hall–Kier alpha value is -3.95.